The predicted molar refractivity (Wildman–Crippen MR) is 74.7 cm³/mol. The summed E-state index contributed by atoms with van der Waals surface area (Å²) in [5.41, 5.74) is 8.64. The first-order valence-electron chi connectivity index (χ1n) is 6.93. The van der Waals surface area contributed by atoms with Crippen LogP contribution in [0.1, 0.15) is 27.7 Å². The summed E-state index contributed by atoms with van der Waals surface area (Å²) in [6.07, 6.45) is -3.73. The quantitative estimate of drug-likeness (QED) is 0.242. The van der Waals surface area contributed by atoms with Crippen LogP contribution in [0.4, 0.5) is 0 Å². The number of nitrogens with zero attached hydrogens (tertiary/aromatic N) is 3. The SMILES string of the molecule is CC(=O)OCC1O[C@@H](N=[N+]=[N-])C(OC(C)=O)[C@@H](C)[C@H]1OC(C)=O. The van der Waals surface area contributed by atoms with Gasteiger partial charge in [-0.3, -0.25) is 14.4 Å². The maximum absolute atomic E-state index is 11.3. The molecule has 1 rings (SSSR count). The second-order valence-corrected chi connectivity index (χ2v) is 5.08. The summed E-state index contributed by atoms with van der Waals surface area (Å²) in [6.45, 7) is 5.10. The highest BCUT2D eigenvalue weighted by Gasteiger charge is 2.47. The molecule has 1 fully saturated rings. The highest BCUT2D eigenvalue weighted by molar-refractivity contribution is 5.67. The normalized spacial score (nSPS) is 29.8. The number of hydrogen-bond donors (Lipinski definition) is 0. The van der Waals surface area contributed by atoms with Crippen LogP contribution in [0, 0.1) is 5.92 Å². The molecule has 10 heteroatoms. The minimum Gasteiger partial charge on any atom is -0.463 e. The van der Waals surface area contributed by atoms with Crippen molar-refractivity contribution in [2.24, 2.45) is 11.0 Å². The number of carbonyl (C=O) groups excluding carboxylic acids is 3. The van der Waals surface area contributed by atoms with Crippen molar-refractivity contribution in [2.45, 2.75) is 52.2 Å². The topological polar surface area (TPSA) is 137 Å². The van der Waals surface area contributed by atoms with Crippen LogP contribution in [-0.4, -0.2) is 49.1 Å². The van der Waals surface area contributed by atoms with Crippen LogP contribution in [0.15, 0.2) is 5.11 Å². The largest absolute Gasteiger partial charge is 0.463 e. The molecule has 23 heavy (non-hydrogen) atoms. The van der Waals surface area contributed by atoms with Crippen molar-refractivity contribution in [2.75, 3.05) is 6.61 Å². The van der Waals surface area contributed by atoms with E-state index >= 15 is 0 Å². The molecule has 0 radical (unpaired) electrons. The van der Waals surface area contributed by atoms with E-state index in [1.54, 1.807) is 6.92 Å². The number of rotatable bonds is 5. The number of ether oxygens (including phenoxy) is 4. The molecule has 128 valence electrons. The van der Waals surface area contributed by atoms with Gasteiger partial charge in [-0.25, -0.2) is 0 Å². The second kappa shape index (κ2) is 8.35. The Labute approximate surface area is 132 Å². The third kappa shape index (κ3) is 5.42. The first kappa shape index (κ1) is 18.7. The van der Waals surface area contributed by atoms with Crippen molar-refractivity contribution in [1.29, 1.82) is 0 Å². The number of esters is 3. The molecule has 1 aliphatic rings. The van der Waals surface area contributed by atoms with E-state index in [9.17, 15) is 14.4 Å². The van der Waals surface area contributed by atoms with Gasteiger partial charge in [0.25, 0.3) is 0 Å². The Morgan fingerprint density at radius 1 is 1.09 bits per heavy atom. The zero-order chi connectivity index (χ0) is 17.6. The van der Waals surface area contributed by atoms with Gasteiger partial charge in [0.15, 0.2) is 6.23 Å². The minimum absolute atomic E-state index is 0.193. The predicted octanol–water partition coefficient (Wildman–Crippen LogP) is 1.08. The minimum atomic E-state index is -1.12. The maximum atomic E-state index is 11.3. The molecule has 5 atom stereocenters. The van der Waals surface area contributed by atoms with Gasteiger partial charge in [0.1, 0.15) is 24.9 Å². The zero-order valence-electron chi connectivity index (χ0n) is 13.3. The smallest absolute Gasteiger partial charge is 0.303 e. The third-order valence-corrected chi connectivity index (χ3v) is 3.22. The molecule has 0 aromatic heterocycles. The number of hydrogen-bond acceptors (Lipinski definition) is 8. The van der Waals surface area contributed by atoms with Crippen molar-refractivity contribution >= 4 is 17.9 Å². The summed E-state index contributed by atoms with van der Waals surface area (Å²) in [5.74, 6) is -2.23. The summed E-state index contributed by atoms with van der Waals surface area (Å²) >= 11 is 0. The average molecular weight is 329 g/mol. The Morgan fingerprint density at radius 3 is 2.13 bits per heavy atom. The van der Waals surface area contributed by atoms with Crippen LogP contribution in [0.2, 0.25) is 0 Å². The van der Waals surface area contributed by atoms with Gasteiger partial charge in [-0.15, -0.1) is 0 Å². The summed E-state index contributed by atoms with van der Waals surface area (Å²) in [5, 5.41) is 3.46. The Balaban J connectivity index is 3.04. The van der Waals surface area contributed by atoms with E-state index in [-0.39, 0.29) is 6.61 Å². The lowest BCUT2D eigenvalue weighted by Gasteiger charge is -2.42. The molecule has 0 amide bonds. The van der Waals surface area contributed by atoms with Crippen molar-refractivity contribution in [3.05, 3.63) is 10.4 Å². The van der Waals surface area contributed by atoms with Gasteiger partial charge < -0.3 is 18.9 Å². The maximum Gasteiger partial charge on any atom is 0.303 e. The van der Waals surface area contributed by atoms with Crippen molar-refractivity contribution in [3.63, 3.8) is 0 Å². The van der Waals surface area contributed by atoms with Crippen LogP contribution >= 0.6 is 0 Å². The second-order valence-electron chi connectivity index (χ2n) is 5.08. The van der Waals surface area contributed by atoms with E-state index < -0.39 is 48.4 Å². The molecule has 0 spiro atoms. The van der Waals surface area contributed by atoms with Gasteiger partial charge in [-0.2, -0.15) is 0 Å². The standard InChI is InChI=1S/C13H19N3O7/c1-6-11(21-8(3)18)10(5-20-7(2)17)23-13(15-16-14)12(6)22-9(4)19/h6,10-13H,5H2,1-4H3/t6-,10?,11+,12?,13+/m0/s1. The van der Waals surface area contributed by atoms with Crippen LogP contribution in [0.3, 0.4) is 0 Å². The van der Waals surface area contributed by atoms with Gasteiger partial charge in [0.2, 0.25) is 0 Å². The van der Waals surface area contributed by atoms with E-state index in [1.165, 1.54) is 20.8 Å². The molecule has 0 bridgehead atoms. The van der Waals surface area contributed by atoms with E-state index in [2.05, 4.69) is 10.0 Å². The fraction of sp³-hybridized carbons (Fsp3) is 0.769. The van der Waals surface area contributed by atoms with E-state index in [1.807, 2.05) is 0 Å². The fourth-order valence-electron chi connectivity index (χ4n) is 2.33. The van der Waals surface area contributed by atoms with E-state index in [0.717, 1.165) is 0 Å². The van der Waals surface area contributed by atoms with Gasteiger partial charge in [0, 0.05) is 31.6 Å². The molecule has 0 aromatic rings. The Morgan fingerprint density at radius 2 is 1.65 bits per heavy atom. The molecular weight excluding hydrogens is 310 g/mol. The first-order chi connectivity index (χ1) is 10.8. The third-order valence-electron chi connectivity index (χ3n) is 3.22. The molecule has 0 aromatic carbocycles. The Hall–Kier alpha value is -2.32. The van der Waals surface area contributed by atoms with Crippen molar-refractivity contribution in [3.8, 4) is 0 Å². The summed E-state index contributed by atoms with van der Waals surface area (Å²) < 4.78 is 20.7. The molecule has 0 N–H and O–H groups in total. The van der Waals surface area contributed by atoms with E-state index in [0.29, 0.717) is 0 Å². The molecular formula is C13H19N3O7. The lowest BCUT2D eigenvalue weighted by atomic mass is 9.89. The summed E-state index contributed by atoms with van der Waals surface area (Å²) in [4.78, 5) is 36.2. The van der Waals surface area contributed by atoms with Crippen molar-refractivity contribution < 1.29 is 33.3 Å². The van der Waals surface area contributed by atoms with Gasteiger partial charge in [-0.05, 0) is 5.53 Å². The lowest BCUT2D eigenvalue weighted by molar-refractivity contribution is -0.227. The molecule has 10 nitrogen and oxygen atoms in total. The Bertz CT molecular complexity index is 516. The lowest BCUT2D eigenvalue weighted by Crippen LogP contribution is -2.56. The monoisotopic (exact) mass is 329 g/mol. The zero-order valence-corrected chi connectivity index (χ0v) is 13.3. The Kier molecular flexibility index (Phi) is 6.80. The highest BCUT2D eigenvalue weighted by atomic mass is 16.6. The summed E-state index contributed by atoms with van der Waals surface area (Å²) in [7, 11) is 0. The van der Waals surface area contributed by atoms with Crippen LogP contribution < -0.4 is 0 Å². The van der Waals surface area contributed by atoms with Crippen LogP contribution in [0.5, 0.6) is 0 Å². The molecule has 0 saturated carbocycles. The molecule has 1 aliphatic heterocycles. The fourth-order valence-corrected chi connectivity index (χ4v) is 2.33. The number of carbonyl (C=O) groups is 3. The first-order valence-corrected chi connectivity index (χ1v) is 6.93. The van der Waals surface area contributed by atoms with Gasteiger partial charge >= 0.3 is 17.9 Å². The van der Waals surface area contributed by atoms with Crippen LogP contribution in [-0.2, 0) is 33.3 Å². The summed E-state index contributed by atoms with van der Waals surface area (Å²) in [6, 6.07) is 0. The molecule has 0 aliphatic carbocycles. The molecule has 1 saturated heterocycles. The van der Waals surface area contributed by atoms with Crippen LogP contribution in [0.25, 0.3) is 10.4 Å². The van der Waals surface area contributed by atoms with Crippen molar-refractivity contribution in [1.82, 2.24) is 0 Å². The molecule has 2 unspecified atom stereocenters. The highest BCUT2D eigenvalue weighted by Crippen LogP contribution is 2.31. The molecule has 1 heterocycles. The van der Waals surface area contributed by atoms with E-state index in [4.69, 9.17) is 24.5 Å². The van der Waals surface area contributed by atoms with Gasteiger partial charge in [-0.1, -0.05) is 12.0 Å². The number of azide groups is 1. The average Bonchev–Trinajstić information content (AvgIpc) is 2.43. The van der Waals surface area contributed by atoms with Gasteiger partial charge in [0.05, 0.1) is 0 Å².